The number of benzene rings is 1. The summed E-state index contributed by atoms with van der Waals surface area (Å²) in [4.78, 5) is 2.46. The third-order valence-corrected chi connectivity index (χ3v) is 3.69. The minimum absolute atomic E-state index is 0.188. The number of hydrogen-bond acceptors (Lipinski definition) is 2. The maximum absolute atomic E-state index is 6.12. The number of hydrogen-bond donors (Lipinski definition) is 1. The van der Waals surface area contributed by atoms with Gasteiger partial charge in [-0.2, -0.15) is 0 Å². The molecule has 0 aromatic heterocycles. The molecule has 0 amide bonds. The molecule has 3 heteroatoms. The van der Waals surface area contributed by atoms with Gasteiger partial charge >= 0.3 is 0 Å². The summed E-state index contributed by atoms with van der Waals surface area (Å²) in [6, 6.07) is 6.96. The van der Waals surface area contributed by atoms with Crippen molar-refractivity contribution in [2.24, 2.45) is 5.73 Å². The van der Waals surface area contributed by atoms with Crippen LogP contribution in [-0.4, -0.2) is 18.6 Å². The van der Waals surface area contributed by atoms with Gasteiger partial charge in [0.05, 0.1) is 0 Å². The summed E-state index contributed by atoms with van der Waals surface area (Å²) in [7, 11) is 0. The lowest BCUT2D eigenvalue weighted by Crippen LogP contribution is -2.28. The monoisotopic (exact) mass is 252 g/mol. The van der Waals surface area contributed by atoms with Gasteiger partial charge in [0, 0.05) is 29.3 Å². The van der Waals surface area contributed by atoms with E-state index in [1.54, 1.807) is 0 Å². The van der Waals surface area contributed by atoms with Crippen molar-refractivity contribution in [3.63, 3.8) is 0 Å². The molecule has 1 aromatic carbocycles. The van der Waals surface area contributed by atoms with Gasteiger partial charge in [-0.1, -0.05) is 17.7 Å². The Morgan fingerprint density at radius 1 is 1.53 bits per heavy atom. The van der Waals surface area contributed by atoms with Crippen molar-refractivity contribution in [3.05, 3.63) is 28.8 Å². The van der Waals surface area contributed by atoms with Gasteiger partial charge in [-0.05, 0) is 50.8 Å². The van der Waals surface area contributed by atoms with Gasteiger partial charge in [0.25, 0.3) is 0 Å². The van der Waals surface area contributed by atoms with Crippen molar-refractivity contribution in [2.45, 2.75) is 45.2 Å². The molecule has 2 rings (SSSR count). The lowest BCUT2D eigenvalue weighted by atomic mass is 10.0. The van der Waals surface area contributed by atoms with Crippen molar-refractivity contribution < 1.29 is 0 Å². The summed E-state index contributed by atoms with van der Waals surface area (Å²) in [5.74, 6) is 0. The molecule has 0 saturated carbocycles. The van der Waals surface area contributed by atoms with Gasteiger partial charge in [0.1, 0.15) is 0 Å². The molecular formula is C14H21ClN2. The summed E-state index contributed by atoms with van der Waals surface area (Å²) in [6.07, 6.45) is 3.45. The Morgan fingerprint density at radius 3 is 2.88 bits per heavy atom. The van der Waals surface area contributed by atoms with Crippen molar-refractivity contribution in [3.8, 4) is 0 Å². The summed E-state index contributed by atoms with van der Waals surface area (Å²) >= 11 is 6.12. The number of nitrogens with two attached hydrogens (primary N) is 1. The molecule has 2 unspecified atom stereocenters. The van der Waals surface area contributed by atoms with Crippen LogP contribution in [-0.2, 0) is 6.42 Å². The van der Waals surface area contributed by atoms with Gasteiger partial charge in [-0.3, -0.25) is 0 Å². The minimum atomic E-state index is 0.188. The van der Waals surface area contributed by atoms with Crippen LogP contribution < -0.4 is 10.6 Å². The Balaban J connectivity index is 2.32. The zero-order chi connectivity index (χ0) is 12.4. The zero-order valence-corrected chi connectivity index (χ0v) is 11.4. The van der Waals surface area contributed by atoms with Crippen LogP contribution in [0.3, 0.4) is 0 Å². The van der Waals surface area contributed by atoms with Gasteiger partial charge in [-0.25, -0.2) is 0 Å². The largest absolute Gasteiger partial charge is 0.369 e. The molecule has 94 valence electrons. The second-order valence-electron chi connectivity index (χ2n) is 5.14. The fraction of sp³-hybridized carbons (Fsp3) is 0.571. The highest BCUT2D eigenvalue weighted by Gasteiger charge is 2.22. The van der Waals surface area contributed by atoms with Gasteiger partial charge in [-0.15, -0.1) is 0 Å². The molecule has 1 aliphatic rings. The maximum Gasteiger partial charge on any atom is 0.0426 e. The molecule has 17 heavy (non-hydrogen) atoms. The van der Waals surface area contributed by atoms with Crippen LogP contribution in [0.2, 0.25) is 5.02 Å². The smallest absolute Gasteiger partial charge is 0.0426 e. The molecule has 1 fully saturated rings. The number of nitrogens with zero attached hydrogens (tertiary/aromatic N) is 1. The van der Waals surface area contributed by atoms with Crippen molar-refractivity contribution in [1.82, 2.24) is 0 Å². The molecular weight excluding hydrogens is 232 g/mol. The van der Waals surface area contributed by atoms with Crippen LogP contribution in [0.15, 0.2) is 18.2 Å². The normalized spacial score (nSPS) is 21.9. The predicted octanol–water partition coefficient (Wildman–Crippen LogP) is 3.22. The average molecular weight is 253 g/mol. The molecule has 2 N–H and O–H groups in total. The quantitative estimate of drug-likeness (QED) is 0.895. The van der Waals surface area contributed by atoms with E-state index in [-0.39, 0.29) is 6.04 Å². The molecule has 0 bridgehead atoms. The molecule has 2 atom stereocenters. The predicted molar refractivity (Wildman–Crippen MR) is 74.8 cm³/mol. The third kappa shape index (κ3) is 2.93. The van der Waals surface area contributed by atoms with Crippen LogP contribution in [0, 0.1) is 0 Å². The van der Waals surface area contributed by atoms with Crippen LogP contribution in [0.4, 0.5) is 5.69 Å². The van der Waals surface area contributed by atoms with E-state index in [0.29, 0.717) is 6.04 Å². The molecule has 0 radical (unpaired) electrons. The molecule has 0 aliphatic carbocycles. The van der Waals surface area contributed by atoms with E-state index >= 15 is 0 Å². The van der Waals surface area contributed by atoms with Crippen molar-refractivity contribution >= 4 is 17.3 Å². The number of halogens is 1. The first-order valence-corrected chi connectivity index (χ1v) is 6.76. The van der Waals surface area contributed by atoms with Crippen LogP contribution >= 0.6 is 11.6 Å². The van der Waals surface area contributed by atoms with E-state index < -0.39 is 0 Å². The Morgan fingerprint density at radius 2 is 2.29 bits per heavy atom. The first-order valence-electron chi connectivity index (χ1n) is 6.38. The summed E-state index contributed by atoms with van der Waals surface area (Å²) in [6.45, 7) is 5.46. The minimum Gasteiger partial charge on any atom is -0.369 e. The Hall–Kier alpha value is -0.730. The first-order chi connectivity index (χ1) is 8.08. The second kappa shape index (κ2) is 5.28. The maximum atomic E-state index is 6.12. The van der Waals surface area contributed by atoms with E-state index in [1.165, 1.54) is 24.1 Å². The topological polar surface area (TPSA) is 29.3 Å². The Kier molecular flexibility index (Phi) is 3.95. The highest BCUT2D eigenvalue weighted by atomic mass is 35.5. The average Bonchev–Trinajstić information content (AvgIpc) is 2.66. The van der Waals surface area contributed by atoms with Gasteiger partial charge in [0.2, 0.25) is 0 Å². The van der Waals surface area contributed by atoms with E-state index in [0.717, 1.165) is 18.0 Å². The van der Waals surface area contributed by atoms with E-state index in [4.69, 9.17) is 17.3 Å². The fourth-order valence-corrected chi connectivity index (χ4v) is 2.78. The SMILES string of the molecule is CC(N)Cc1ccc(Cl)cc1N1CCCC1C. The van der Waals surface area contributed by atoms with E-state index in [1.807, 2.05) is 13.0 Å². The third-order valence-electron chi connectivity index (χ3n) is 3.45. The Bertz CT molecular complexity index is 390. The Labute approximate surface area is 109 Å². The van der Waals surface area contributed by atoms with Crippen LogP contribution in [0.25, 0.3) is 0 Å². The highest BCUT2D eigenvalue weighted by Crippen LogP contribution is 2.31. The zero-order valence-electron chi connectivity index (χ0n) is 10.6. The lowest BCUT2D eigenvalue weighted by Gasteiger charge is -2.27. The molecule has 1 aliphatic heterocycles. The fourth-order valence-electron chi connectivity index (χ4n) is 2.62. The van der Waals surface area contributed by atoms with Crippen LogP contribution in [0.5, 0.6) is 0 Å². The number of rotatable bonds is 3. The molecule has 1 saturated heterocycles. The standard InChI is InChI=1S/C14H21ClN2/c1-10(16)8-12-5-6-13(15)9-14(12)17-7-3-4-11(17)2/h5-6,9-11H,3-4,7-8,16H2,1-2H3. The summed E-state index contributed by atoms with van der Waals surface area (Å²) in [5.41, 5.74) is 8.51. The number of anilines is 1. The van der Waals surface area contributed by atoms with Crippen molar-refractivity contribution in [1.29, 1.82) is 0 Å². The highest BCUT2D eigenvalue weighted by molar-refractivity contribution is 6.30. The van der Waals surface area contributed by atoms with Gasteiger partial charge < -0.3 is 10.6 Å². The molecule has 1 aromatic rings. The van der Waals surface area contributed by atoms with E-state index in [9.17, 15) is 0 Å². The molecule has 1 heterocycles. The summed E-state index contributed by atoms with van der Waals surface area (Å²) < 4.78 is 0. The van der Waals surface area contributed by atoms with E-state index in [2.05, 4.69) is 24.0 Å². The second-order valence-corrected chi connectivity index (χ2v) is 5.58. The van der Waals surface area contributed by atoms with Gasteiger partial charge in [0.15, 0.2) is 0 Å². The first kappa shape index (κ1) is 12.7. The van der Waals surface area contributed by atoms with Crippen LogP contribution in [0.1, 0.15) is 32.3 Å². The lowest BCUT2D eigenvalue weighted by molar-refractivity contribution is 0.712. The summed E-state index contributed by atoms with van der Waals surface area (Å²) in [5, 5.41) is 0.813. The van der Waals surface area contributed by atoms with Crippen molar-refractivity contribution in [2.75, 3.05) is 11.4 Å². The molecule has 0 spiro atoms. The molecule has 2 nitrogen and oxygen atoms in total.